The van der Waals surface area contributed by atoms with Gasteiger partial charge < -0.3 is 5.11 Å². The lowest BCUT2D eigenvalue weighted by Gasteiger charge is -2.42. The van der Waals surface area contributed by atoms with E-state index >= 15 is 0 Å². The molecular weight excluding hydrogens is 330 g/mol. The van der Waals surface area contributed by atoms with Crippen molar-refractivity contribution in [2.75, 3.05) is 13.1 Å². The van der Waals surface area contributed by atoms with E-state index in [0.29, 0.717) is 30.5 Å². The molecule has 0 saturated heterocycles. The van der Waals surface area contributed by atoms with E-state index in [4.69, 9.17) is 10.4 Å². The fraction of sp³-hybridized carbons (Fsp3) is 0.500. The lowest BCUT2D eigenvalue weighted by atomic mass is 9.86. The van der Waals surface area contributed by atoms with E-state index in [9.17, 15) is 13.2 Å². The maximum Gasteiger partial charge on any atom is 0.317 e. The molecule has 1 aromatic carbocycles. The Morgan fingerprint density at radius 1 is 1.46 bits per heavy atom. The standard InChI is InChI=1S/C16H21N3O4S/c1-3-19(10-16(20)21)14-7-13(8-14)18-24(22,23)15-5-4-12(9-17)6-11(15)2/h4-6,13-14,18H,3,7-8,10H2,1-2H3,(H,20,21). The number of nitrogens with one attached hydrogen (secondary N) is 1. The molecule has 0 spiro atoms. The normalized spacial score (nSPS) is 20.4. The van der Waals surface area contributed by atoms with Crippen LogP contribution < -0.4 is 4.72 Å². The number of likely N-dealkylation sites (N-methyl/N-ethyl adjacent to an activating group) is 1. The average Bonchev–Trinajstić information content (AvgIpc) is 2.47. The number of benzene rings is 1. The van der Waals surface area contributed by atoms with Crippen molar-refractivity contribution in [2.24, 2.45) is 0 Å². The Balaban J connectivity index is 2.00. The van der Waals surface area contributed by atoms with Gasteiger partial charge in [-0.1, -0.05) is 6.92 Å². The van der Waals surface area contributed by atoms with Crippen LogP contribution in [-0.4, -0.2) is 49.6 Å². The third-order valence-corrected chi connectivity index (χ3v) is 5.97. The number of carbonyl (C=O) groups is 1. The minimum absolute atomic E-state index is 0.0324. The molecule has 1 aromatic rings. The van der Waals surface area contributed by atoms with Crippen LogP contribution in [0.25, 0.3) is 0 Å². The van der Waals surface area contributed by atoms with Crippen molar-refractivity contribution in [1.82, 2.24) is 9.62 Å². The van der Waals surface area contributed by atoms with Crippen molar-refractivity contribution >= 4 is 16.0 Å². The predicted molar refractivity (Wildman–Crippen MR) is 87.9 cm³/mol. The maximum absolute atomic E-state index is 12.5. The van der Waals surface area contributed by atoms with Crippen molar-refractivity contribution in [3.05, 3.63) is 29.3 Å². The van der Waals surface area contributed by atoms with Crippen molar-refractivity contribution in [1.29, 1.82) is 5.26 Å². The molecule has 0 aliphatic heterocycles. The molecule has 1 saturated carbocycles. The Bertz CT molecular complexity index is 764. The molecule has 0 unspecified atom stereocenters. The molecule has 24 heavy (non-hydrogen) atoms. The molecule has 0 radical (unpaired) electrons. The molecule has 2 rings (SSSR count). The Labute approximate surface area is 141 Å². The molecule has 1 aliphatic carbocycles. The van der Waals surface area contributed by atoms with Gasteiger partial charge in [0.05, 0.1) is 23.1 Å². The maximum atomic E-state index is 12.5. The van der Waals surface area contributed by atoms with E-state index in [1.54, 1.807) is 13.0 Å². The van der Waals surface area contributed by atoms with Gasteiger partial charge in [-0.15, -0.1) is 0 Å². The molecule has 0 heterocycles. The first kappa shape index (κ1) is 18.4. The SMILES string of the molecule is CCN(CC(=O)O)C1CC(NS(=O)(=O)c2ccc(C#N)cc2C)C1. The van der Waals surface area contributed by atoms with E-state index in [1.165, 1.54) is 12.1 Å². The molecule has 2 N–H and O–H groups in total. The number of rotatable bonds is 7. The lowest BCUT2D eigenvalue weighted by Crippen LogP contribution is -2.54. The zero-order chi connectivity index (χ0) is 17.9. The highest BCUT2D eigenvalue weighted by Gasteiger charge is 2.36. The summed E-state index contributed by atoms with van der Waals surface area (Å²) < 4.78 is 27.6. The molecule has 0 aromatic heterocycles. The smallest absolute Gasteiger partial charge is 0.317 e. The summed E-state index contributed by atoms with van der Waals surface area (Å²) in [6.07, 6.45) is 1.19. The first-order valence-corrected chi connectivity index (χ1v) is 9.24. The molecule has 0 bridgehead atoms. The highest BCUT2D eigenvalue weighted by molar-refractivity contribution is 7.89. The van der Waals surface area contributed by atoms with Gasteiger partial charge in [0.25, 0.3) is 0 Å². The zero-order valence-corrected chi connectivity index (χ0v) is 14.5. The Kier molecular flexibility index (Phi) is 5.59. The van der Waals surface area contributed by atoms with Gasteiger partial charge in [0.15, 0.2) is 0 Å². The van der Waals surface area contributed by atoms with Gasteiger partial charge in [-0.3, -0.25) is 9.69 Å². The summed E-state index contributed by atoms with van der Waals surface area (Å²) in [5.74, 6) is -0.880. The molecule has 8 heteroatoms. The summed E-state index contributed by atoms with van der Waals surface area (Å²) >= 11 is 0. The van der Waals surface area contributed by atoms with Crippen molar-refractivity contribution in [3.8, 4) is 6.07 Å². The molecule has 7 nitrogen and oxygen atoms in total. The van der Waals surface area contributed by atoms with Crippen LogP contribution in [0.1, 0.15) is 30.9 Å². The number of hydrogen-bond donors (Lipinski definition) is 2. The summed E-state index contributed by atoms with van der Waals surface area (Å²) in [5, 5.41) is 17.7. The van der Waals surface area contributed by atoms with E-state index in [-0.39, 0.29) is 23.5 Å². The number of carboxylic acids is 1. The van der Waals surface area contributed by atoms with E-state index in [0.717, 1.165) is 0 Å². The average molecular weight is 351 g/mol. The van der Waals surface area contributed by atoms with Gasteiger partial charge in [0.1, 0.15) is 0 Å². The molecular formula is C16H21N3O4S. The minimum atomic E-state index is -3.65. The number of nitrogens with zero attached hydrogens (tertiary/aromatic N) is 2. The van der Waals surface area contributed by atoms with Gasteiger partial charge in [-0.25, -0.2) is 13.1 Å². The van der Waals surface area contributed by atoms with Crippen LogP contribution in [0, 0.1) is 18.3 Å². The van der Waals surface area contributed by atoms with Crippen LogP contribution in [0.2, 0.25) is 0 Å². The number of nitriles is 1. The Morgan fingerprint density at radius 3 is 2.62 bits per heavy atom. The molecule has 1 aliphatic rings. The second-order valence-corrected chi connectivity index (χ2v) is 7.67. The number of carboxylic acid groups (broad SMARTS) is 1. The van der Waals surface area contributed by atoms with Crippen molar-refractivity contribution in [2.45, 2.75) is 43.7 Å². The van der Waals surface area contributed by atoms with Crippen LogP contribution in [0.15, 0.2) is 23.1 Å². The van der Waals surface area contributed by atoms with Gasteiger partial charge in [0.2, 0.25) is 10.0 Å². The number of hydrogen-bond acceptors (Lipinski definition) is 5. The van der Waals surface area contributed by atoms with Crippen LogP contribution in [0.4, 0.5) is 0 Å². The minimum Gasteiger partial charge on any atom is -0.480 e. The summed E-state index contributed by atoms with van der Waals surface area (Å²) in [6, 6.07) is 6.34. The highest BCUT2D eigenvalue weighted by Crippen LogP contribution is 2.27. The molecule has 1 fully saturated rings. The first-order chi connectivity index (χ1) is 11.3. The molecule has 0 atom stereocenters. The van der Waals surface area contributed by atoms with Gasteiger partial charge >= 0.3 is 5.97 Å². The van der Waals surface area contributed by atoms with Crippen LogP contribution in [0.3, 0.4) is 0 Å². The van der Waals surface area contributed by atoms with E-state index in [1.807, 2.05) is 17.9 Å². The first-order valence-electron chi connectivity index (χ1n) is 7.75. The van der Waals surface area contributed by atoms with Crippen LogP contribution in [-0.2, 0) is 14.8 Å². The Morgan fingerprint density at radius 2 is 2.12 bits per heavy atom. The van der Waals surface area contributed by atoms with Gasteiger partial charge in [0, 0.05) is 12.1 Å². The summed E-state index contributed by atoms with van der Waals surface area (Å²) in [7, 11) is -3.65. The highest BCUT2D eigenvalue weighted by atomic mass is 32.2. The monoisotopic (exact) mass is 351 g/mol. The van der Waals surface area contributed by atoms with Gasteiger partial charge in [-0.2, -0.15) is 5.26 Å². The predicted octanol–water partition coefficient (Wildman–Crippen LogP) is 1.08. The summed E-state index contributed by atoms with van der Waals surface area (Å²) in [6.45, 7) is 4.13. The third-order valence-electron chi connectivity index (χ3n) is 4.29. The lowest BCUT2D eigenvalue weighted by molar-refractivity contribution is -0.139. The van der Waals surface area contributed by atoms with Crippen molar-refractivity contribution < 1.29 is 18.3 Å². The fourth-order valence-corrected chi connectivity index (χ4v) is 4.45. The number of aryl methyl sites for hydroxylation is 1. The fourth-order valence-electron chi connectivity index (χ4n) is 2.96. The summed E-state index contributed by atoms with van der Waals surface area (Å²) in [4.78, 5) is 12.8. The quantitative estimate of drug-likeness (QED) is 0.760. The van der Waals surface area contributed by atoms with Crippen LogP contribution >= 0.6 is 0 Å². The summed E-state index contributed by atoms with van der Waals surface area (Å²) in [5.41, 5.74) is 0.945. The largest absolute Gasteiger partial charge is 0.480 e. The van der Waals surface area contributed by atoms with Crippen molar-refractivity contribution in [3.63, 3.8) is 0 Å². The Hall–Kier alpha value is -1.95. The molecule has 130 valence electrons. The topological polar surface area (TPSA) is 110 Å². The van der Waals surface area contributed by atoms with Gasteiger partial charge in [-0.05, 0) is 50.1 Å². The van der Waals surface area contributed by atoms with E-state index < -0.39 is 16.0 Å². The number of aliphatic carboxylic acids is 1. The second kappa shape index (κ2) is 7.30. The zero-order valence-electron chi connectivity index (χ0n) is 13.7. The van der Waals surface area contributed by atoms with E-state index in [2.05, 4.69) is 4.72 Å². The molecule has 0 amide bonds. The second-order valence-electron chi connectivity index (χ2n) is 5.99. The third kappa shape index (κ3) is 4.12. The van der Waals surface area contributed by atoms with Crippen LogP contribution in [0.5, 0.6) is 0 Å². The number of sulfonamides is 1.